The molecule has 3 N–H and O–H groups in total. The van der Waals surface area contributed by atoms with Gasteiger partial charge >= 0.3 is 12.1 Å². The second-order valence-corrected chi connectivity index (χ2v) is 14.4. The van der Waals surface area contributed by atoms with E-state index in [1.54, 1.807) is 0 Å². The Morgan fingerprint density at radius 1 is 1.00 bits per heavy atom. The number of alkyl carbamates (subject to hydrolysis) is 1. The first kappa shape index (κ1) is 30.9. The van der Waals surface area contributed by atoms with Crippen LogP contribution in [0.5, 0.6) is 0 Å². The highest BCUT2D eigenvalue weighted by Gasteiger charge is 2.59. The molecule has 0 aromatic carbocycles. The van der Waals surface area contributed by atoms with Gasteiger partial charge in [-0.3, -0.25) is 9.59 Å². The van der Waals surface area contributed by atoms with Crippen molar-refractivity contribution in [2.75, 3.05) is 13.1 Å². The molecule has 7 nitrogen and oxygen atoms in total. The summed E-state index contributed by atoms with van der Waals surface area (Å²) in [7, 11) is 0. The second kappa shape index (κ2) is 12.9. The Balaban J connectivity index is 1.29. The van der Waals surface area contributed by atoms with Crippen molar-refractivity contribution in [1.82, 2.24) is 10.6 Å². The van der Waals surface area contributed by atoms with Crippen LogP contribution in [0.15, 0.2) is 11.6 Å². The predicted octanol–water partition coefficient (Wildman–Crippen LogP) is 6.71. The number of carboxylic acids is 1. The summed E-state index contributed by atoms with van der Waals surface area (Å²) in [4.78, 5) is 34.4. The summed E-state index contributed by atoms with van der Waals surface area (Å²) in [5.41, 5.74) is 2.21. The molecule has 0 spiro atoms. The van der Waals surface area contributed by atoms with Gasteiger partial charge in [0.05, 0.1) is 0 Å². The number of carbonyl (C=O) groups is 3. The molecule has 8 atom stereocenters. The van der Waals surface area contributed by atoms with Gasteiger partial charge in [0.15, 0.2) is 0 Å². The van der Waals surface area contributed by atoms with Crippen LogP contribution in [0, 0.1) is 46.3 Å². The maximum Gasteiger partial charge on any atom is 0.407 e. The lowest BCUT2D eigenvalue weighted by atomic mass is 9.47. The number of aliphatic carboxylic acids is 1. The molecule has 0 aliphatic heterocycles. The van der Waals surface area contributed by atoms with E-state index in [0.717, 1.165) is 54.8 Å². The zero-order valence-corrected chi connectivity index (χ0v) is 25.6. The van der Waals surface area contributed by atoms with Gasteiger partial charge < -0.3 is 20.5 Å². The summed E-state index contributed by atoms with van der Waals surface area (Å²) in [6.07, 6.45) is 15.0. The SMILES string of the molecule is CC(C)CCC[C@@H](C)[C@H]1CC[C@H]2[C@@H]3CC=C4C[C@@H](OC(=O)NCCNC(=O)CC(=O)O)CC[C@]4(C)[C@H]3CC[C@]12C. The first-order valence-corrected chi connectivity index (χ1v) is 16.1. The van der Waals surface area contributed by atoms with Crippen LogP contribution in [0.1, 0.15) is 112 Å². The number of amides is 2. The number of allylic oxidation sites excluding steroid dienone is 1. The number of carboxylic acid groups (broad SMARTS) is 1. The molecule has 0 heterocycles. The lowest BCUT2D eigenvalue weighted by Crippen LogP contribution is -2.51. The molecule has 4 rings (SSSR count). The smallest absolute Gasteiger partial charge is 0.407 e. The fraction of sp³-hybridized carbons (Fsp3) is 0.848. The molecule has 3 saturated carbocycles. The monoisotopic (exact) mass is 558 g/mol. The molecule has 0 radical (unpaired) electrons. The van der Waals surface area contributed by atoms with E-state index < -0.39 is 24.4 Å². The number of rotatable bonds is 11. The Hall–Kier alpha value is -2.05. The standard InChI is InChI=1S/C33H54N2O5/c1-21(2)7-6-8-22(3)26-11-12-27-25-10-9-23-19-24(13-15-32(23,4)28(25)14-16-33(26,27)5)40-31(39)35-18-17-34-29(36)20-30(37)38/h9,21-22,24-28H,6-8,10-20H2,1-5H3,(H,34,36)(H,35,39)(H,37,38)/t22-,24+,25+,26-,27+,28+,32+,33-/m1/s1. The Morgan fingerprint density at radius 2 is 1.75 bits per heavy atom. The first-order chi connectivity index (χ1) is 18.9. The van der Waals surface area contributed by atoms with Crippen molar-refractivity contribution in [3.05, 3.63) is 11.6 Å². The first-order valence-electron chi connectivity index (χ1n) is 16.1. The fourth-order valence-corrected chi connectivity index (χ4v) is 9.51. The van der Waals surface area contributed by atoms with Crippen molar-refractivity contribution < 1.29 is 24.2 Å². The lowest BCUT2D eigenvalue weighted by molar-refractivity contribution is -0.140. The highest BCUT2D eigenvalue weighted by molar-refractivity contribution is 5.93. The van der Waals surface area contributed by atoms with Gasteiger partial charge in [0.1, 0.15) is 12.5 Å². The van der Waals surface area contributed by atoms with E-state index in [2.05, 4.69) is 51.3 Å². The summed E-state index contributed by atoms with van der Waals surface area (Å²) in [5.74, 6) is 3.14. The van der Waals surface area contributed by atoms with Gasteiger partial charge in [-0.05, 0) is 91.3 Å². The highest BCUT2D eigenvalue weighted by Crippen LogP contribution is 2.67. The Labute approximate surface area is 241 Å². The number of hydrogen-bond donors (Lipinski definition) is 3. The summed E-state index contributed by atoms with van der Waals surface area (Å²) >= 11 is 0. The zero-order chi connectivity index (χ0) is 29.1. The molecule has 7 heteroatoms. The molecule has 0 unspecified atom stereocenters. The topological polar surface area (TPSA) is 105 Å². The summed E-state index contributed by atoms with van der Waals surface area (Å²) in [5, 5.41) is 13.8. The number of nitrogens with one attached hydrogen (secondary N) is 2. The van der Waals surface area contributed by atoms with Crippen LogP contribution in [-0.2, 0) is 14.3 Å². The van der Waals surface area contributed by atoms with Crippen LogP contribution >= 0.6 is 0 Å². The average molecular weight is 559 g/mol. The van der Waals surface area contributed by atoms with Crippen LogP contribution in [0.2, 0.25) is 0 Å². The molecule has 2 amide bonds. The van der Waals surface area contributed by atoms with Crippen LogP contribution < -0.4 is 10.6 Å². The Kier molecular flexibility index (Phi) is 9.93. The van der Waals surface area contributed by atoms with Gasteiger partial charge in [0.25, 0.3) is 0 Å². The molecule has 40 heavy (non-hydrogen) atoms. The Morgan fingerprint density at radius 3 is 2.48 bits per heavy atom. The molecule has 0 aromatic heterocycles. The van der Waals surface area contributed by atoms with Crippen molar-refractivity contribution in [2.24, 2.45) is 46.3 Å². The van der Waals surface area contributed by atoms with Crippen molar-refractivity contribution >= 4 is 18.0 Å². The minimum absolute atomic E-state index is 0.117. The summed E-state index contributed by atoms with van der Waals surface area (Å²) in [6.45, 7) is 12.8. The summed E-state index contributed by atoms with van der Waals surface area (Å²) in [6, 6.07) is 0. The average Bonchev–Trinajstić information content (AvgIpc) is 3.23. The van der Waals surface area contributed by atoms with Crippen LogP contribution in [0.4, 0.5) is 4.79 Å². The van der Waals surface area contributed by atoms with E-state index in [0.29, 0.717) is 5.41 Å². The van der Waals surface area contributed by atoms with Gasteiger partial charge in [-0.15, -0.1) is 0 Å². The van der Waals surface area contributed by atoms with Crippen molar-refractivity contribution in [1.29, 1.82) is 0 Å². The van der Waals surface area contributed by atoms with E-state index in [4.69, 9.17) is 9.84 Å². The molecule has 226 valence electrons. The maximum atomic E-state index is 12.4. The number of carbonyl (C=O) groups excluding carboxylic acids is 2. The van der Waals surface area contributed by atoms with Crippen LogP contribution in [-0.4, -0.2) is 42.3 Å². The molecule has 0 bridgehead atoms. The largest absolute Gasteiger partial charge is 0.481 e. The van der Waals surface area contributed by atoms with Gasteiger partial charge in [-0.25, -0.2) is 4.79 Å². The molecule has 0 aromatic rings. The molecule has 3 fully saturated rings. The quantitative estimate of drug-likeness (QED) is 0.148. The van der Waals surface area contributed by atoms with Gasteiger partial charge in [-0.1, -0.05) is 65.5 Å². The predicted molar refractivity (Wildman–Crippen MR) is 157 cm³/mol. The zero-order valence-electron chi connectivity index (χ0n) is 25.6. The van der Waals surface area contributed by atoms with E-state index in [9.17, 15) is 14.4 Å². The van der Waals surface area contributed by atoms with Gasteiger partial charge in [0.2, 0.25) is 5.91 Å². The number of hydrogen-bond acceptors (Lipinski definition) is 4. The molecular weight excluding hydrogens is 504 g/mol. The number of ether oxygens (including phenoxy) is 1. The Bertz CT molecular complexity index is 962. The van der Waals surface area contributed by atoms with Crippen molar-refractivity contribution in [3.8, 4) is 0 Å². The molecule has 4 aliphatic carbocycles. The minimum atomic E-state index is -1.17. The fourth-order valence-electron chi connectivity index (χ4n) is 9.51. The molecule has 0 saturated heterocycles. The third kappa shape index (κ3) is 6.70. The van der Waals surface area contributed by atoms with E-state index >= 15 is 0 Å². The highest BCUT2D eigenvalue weighted by atomic mass is 16.6. The number of fused-ring (bicyclic) bond motifs is 5. The van der Waals surface area contributed by atoms with Crippen LogP contribution in [0.25, 0.3) is 0 Å². The third-order valence-corrected chi connectivity index (χ3v) is 11.6. The van der Waals surface area contributed by atoms with Crippen LogP contribution in [0.3, 0.4) is 0 Å². The summed E-state index contributed by atoms with van der Waals surface area (Å²) < 4.78 is 5.77. The molecular formula is C33H54N2O5. The second-order valence-electron chi connectivity index (χ2n) is 14.4. The van der Waals surface area contributed by atoms with E-state index in [1.807, 2.05) is 0 Å². The third-order valence-electron chi connectivity index (χ3n) is 11.6. The normalized spacial score (nSPS) is 35.5. The van der Waals surface area contributed by atoms with Gasteiger partial charge in [-0.2, -0.15) is 0 Å². The maximum absolute atomic E-state index is 12.4. The molecule has 4 aliphatic rings. The minimum Gasteiger partial charge on any atom is -0.481 e. The van der Waals surface area contributed by atoms with Crippen molar-refractivity contribution in [2.45, 2.75) is 118 Å². The van der Waals surface area contributed by atoms with Crippen molar-refractivity contribution in [3.63, 3.8) is 0 Å². The van der Waals surface area contributed by atoms with E-state index in [-0.39, 0.29) is 24.6 Å². The van der Waals surface area contributed by atoms with E-state index in [1.165, 1.54) is 56.9 Å². The lowest BCUT2D eigenvalue weighted by Gasteiger charge is -2.58. The van der Waals surface area contributed by atoms with Gasteiger partial charge in [0, 0.05) is 19.5 Å².